The van der Waals surface area contributed by atoms with Crippen molar-refractivity contribution in [3.05, 3.63) is 46.5 Å². The van der Waals surface area contributed by atoms with Crippen molar-refractivity contribution in [3.8, 4) is 11.3 Å². The Morgan fingerprint density at radius 1 is 1.17 bits per heavy atom. The summed E-state index contributed by atoms with van der Waals surface area (Å²) in [4.78, 5) is 28.5. The number of sulfonamides is 1. The van der Waals surface area contributed by atoms with E-state index in [9.17, 15) is 18.0 Å². The highest BCUT2D eigenvalue weighted by Crippen LogP contribution is 2.46. The van der Waals surface area contributed by atoms with Gasteiger partial charge in [-0.05, 0) is 74.3 Å². The zero-order chi connectivity index (χ0) is 26.2. The van der Waals surface area contributed by atoms with Crippen LogP contribution in [-0.4, -0.2) is 50.2 Å². The molecule has 2 aromatic heterocycles. The summed E-state index contributed by atoms with van der Waals surface area (Å²) in [6.45, 7) is 4.09. The molecule has 0 radical (unpaired) electrons. The van der Waals surface area contributed by atoms with Crippen LogP contribution in [-0.2, 0) is 14.8 Å². The zero-order valence-corrected chi connectivity index (χ0v) is 21.7. The molecule has 0 unspecified atom stereocenters. The molecule has 0 spiro atoms. The predicted octanol–water partition coefficient (Wildman–Crippen LogP) is 4.37. The number of unbranched alkanes of at least 4 members (excludes halogenated alkanes) is 1. The number of hydrogen-bond donors (Lipinski definition) is 2. The molecule has 4 rings (SSSR count). The fourth-order valence-corrected chi connectivity index (χ4v) is 5.24. The van der Waals surface area contributed by atoms with Gasteiger partial charge in [-0.2, -0.15) is 4.98 Å². The Hall–Kier alpha value is -3.40. The highest BCUT2D eigenvalue weighted by atomic mass is 32.2. The summed E-state index contributed by atoms with van der Waals surface area (Å²) >= 11 is 0. The van der Waals surface area contributed by atoms with Gasteiger partial charge in [-0.1, -0.05) is 12.1 Å². The Kier molecular flexibility index (Phi) is 7.08. The minimum Gasteiger partial charge on any atom is -0.481 e. The number of carbonyl (C=O) groups excluding carboxylic acids is 1. The topological polar surface area (TPSA) is 130 Å². The van der Waals surface area contributed by atoms with Crippen LogP contribution in [0.25, 0.3) is 22.4 Å². The van der Waals surface area contributed by atoms with Crippen molar-refractivity contribution in [3.63, 3.8) is 0 Å². The monoisotopic (exact) mass is 513 g/mol. The summed E-state index contributed by atoms with van der Waals surface area (Å²) in [5.41, 5.74) is 4.19. The number of nitrogens with one attached hydrogen (secondary N) is 1. The van der Waals surface area contributed by atoms with Crippen LogP contribution in [0, 0.1) is 13.8 Å². The van der Waals surface area contributed by atoms with E-state index in [1.165, 1.54) is 4.31 Å². The summed E-state index contributed by atoms with van der Waals surface area (Å²) in [6.07, 6.45) is 3.60. The van der Waals surface area contributed by atoms with Gasteiger partial charge >= 0.3 is 5.97 Å². The van der Waals surface area contributed by atoms with E-state index in [-0.39, 0.29) is 36.3 Å². The van der Waals surface area contributed by atoms with Gasteiger partial charge in [0.25, 0.3) is 5.91 Å². The number of carbonyl (C=O) groups is 2. The molecule has 0 saturated heterocycles. The number of amides is 1. The first kappa shape index (κ1) is 25.7. The standard InChI is InChI=1S/C26H31N3O6S/c1-15-8-9-18(13-16(15)2)23-22(25(32)27-3)20-14-19(17-10-11-17)24(28-26(20)35-23)29(36(4,33)34)12-6-5-7-21(30)31/h8-9,13-14,17H,5-7,10-12H2,1-4H3,(H,27,32)(H,30,31). The number of pyridine rings is 1. The van der Waals surface area contributed by atoms with Gasteiger partial charge in [0.15, 0.2) is 0 Å². The second-order valence-electron chi connectivity index (χ2n) is 9.40. The molecule has 1 aromatic carbocycles. The molecule has 1 fully saturated rings. The van der Waals surface area contributed by atoms with E-state index in [0.717, 1.165) is 41.4 Å². The molecule has 2 heterocycles. The zero-order valence-electron chi connectivity index (χ0n) is 20.9. The minimum absolute atomic E-state index is 0.0352. The van der Waals surface area contributed by atoms with Gasteiger partial charge in [0, 0.05) is 25.6 Å². The largest absolute Gasteiger partial charge is 0.481 e. The summed E-state index contributed by atoms with van der Waals surface area (Å²) in [7, 11) is -2.15. The maximum atomic E-state index is 13.0. The summed E-state index contributed by atoms with van der Waals surface area (Å²) < 4.78 is 33.0. The minimum atomic E-state index is -3.70. The average molecular weight is 514 g/mol. The molecule has 0 atom stereocenters. The molecule has 1 aliphatic rings. The van der Waals surface area contributed by atoms with E-state index in [1.807, 2.05) is 38.1 Å². The molecule has 192 valence electrons. The Morgan fingerprint density at radius 3 is 2.47 bits per heavy atom. The van der Waals surface area contributed by atoms with Gasteiger partial charge in [0.05, 0.1) is 17.2 Å². The third-order valence-electron chi connectivity index (χ3n) is 6.57. The number of nitrogens with zero attached hydrogens (tertiary/aromatic N) is 2. The second-order valence-corrected chi connectivity index (χ2v) is 11.3. The molecule has 3 aromatic rings. The van der Waals surface area contributed by atoms with Crippen molar-refractivity contribution in [2.45, 2.75) is 51.9 Å². The maximum absolute atomic E-state index is 13.0. The lowest BCUT2D eigenvalue weighted by molar-refractivity contribution is -0.137. The van der Waals surface area contributed by atoms with E-state index in [2.05, 4.69) is 10.3 Å². The van der Waals surface area contributed by atoms with E-state index in [1.54, 1.807) is 7.05 Å². The molecular weight excluding hydrogens is 482 g/mol. The Bertz CT molecular complexity index is 1440. The summed E-state index contributed by atoms with van der Waals surface area (Å²) in [5, 5.41) is 12.1. The van der Waals surface area contributed by atoms with Gasteiger partial charge in [0.2, 0.25) is 15.7 Å². The number of furan rings is 1. The molecule has 10 heteroatoms. The fraction of sp³-hybridized carbons (Fsp3) is 0.423. The second kappa shape index (κ2) is 9.93. The lowest BCUT2D eigenvalue weighted by Crippen LogP contribution is -2.32. The Morgan fingerprint density at radius 2 is 1.89 bits per heavy atom. The first-order chi connectivity index (χ1) is 17.0. The number of carboxylic acids is 1. The van der Waals surface area contributed by atoms with Crippen LogP contribution in [0.15, 0.2) is 28.7 Å². The molecule has 0 bridgehead atoms. The van der Waals surface area contributed by atoms with Gasteiger partial charge < -0.3 is 14.8 Å². The van der Waals surface area contributed by atoms with Crippen molar-refractivity contribution in [1.82, 2.24) is 10.3 Å². The van der Waals surface area contributed by atoms with Gasteiger partial charge in [-0.25, -0.2) is 8.42 Å². The highest BCUT2D eigenvalue weighted by molar-refractivity contribution is 7.92. The normalized spacial score (nSPS) is 13.7. The van der Waals surface area contributed by atoms with Crippen molar-refractivity contribution in [2.24, 2.45) is 0 Å². The van der Waals surface area contributed by atoms with E-state index in [4.69, 9.17) is 9.52 Å². The summed E-state index contributed by atoms with van der Waals surface area (Å²) in [5.74, 6) is -0.433. The van der Waals surface area contributed by atoms with Crippen LogP contribution in [0.1, 0.15) is 65.1 Å². The SMILES string of the molecule is CNC(=O)c1c(-c2ccc(C)c(C)c2)oc2nc(N(CCCCC(=O)O)S(C)(=O)=O)c(C3CC3)cc12. The molecule has 2 N–H and O–H groups in total. The number of aryl methyl sites for hydroxylation is 2. The van der Waals surface area contributed by atoms with Gasteiger partial charge in [-0.15, -0.1) is 0 Å². The van der Waals surface area contributed by atoms with Crippen LogP contribution in [0.4, 0.5) is 5.82 Å². The lowest BCUT2D eigenvalue weighted by atomic mass is 10.0. The number of rotatable bonds is 10. The Labute approximate surface area is 210 Å². The molecule has 1 amide bonds. The van der Waals surface area contributed by atoms with Gasteiger partial charge in [0.1, 0.15) is 11.6 Å². The first-order valence-electron chi connectivity index (χ1n) is 12.0. The fourth-order valence-electron chi connectivity index (χ4n) is 4.32. The van der Waals surface area contributed by atoms with E-state index >= 15 is 0 Å². The summed E-state index contributed by atoms with van der Waals surface area (Å²) in [6, 6.07) is 7.64. The maximum Gasteiger partial charge on any atom is 0.303 e. The van der Waals surface area contributed by atoms with Crippen molar-refractivity contribution < 1.29 is 27.5 Å². The van der Waals surface area contributed by atoms with Crippen LogP contribution in [0.3, 0.4) is 0 Å². The third kappa shape index (κ3) is 5.23. The predicted molar refractivity (Wildman–Crippen MR) is 138 cm³/mol. The van der Waals surface area contributed by atoms with Crippen LogP contribution in [0.5, 0.6) is 0 Å². The van der Waals surface area contributed by atoms with Crippen molar-refractivity contribution in [2.75, 3.05) is 24.2 Å². The molecule has 0 aliphatic heterocycles. The average Bonchev–Trinajstić information content (AvgIpc) is 3.59. The molecule has 36 heavy (non-hydrogen) atoms. The molecule has 9 nitrogen and oxygen atoms in total. The lowest BCUT2D eigenvalue weighted by Gasteiger charge is -2.23. The van der Waals surface area contributed by atoms with Crippen LogP contribution in [0.2, 0.25) is 0 Å². The number of aromatic nitrogens is 1. The molecule has 1 aliphatic carbocycles. The van der Waals surface area contributed by atoms with Crippen LogP contribution >= 0.6 is 0 Å². The van der Waals surface area contributed by atoms with Crippen LogP contribution < -0.4 is 9.62 Å². The number of hydrogen-bond acceptors (Lipinski definition) is 6. The molecular formula is C26H31N3O6S. The van der Waals surface area contributed by atoms with E-state index in [0.29, 0.717) is 29.6 Å². The van der Waals surface area contributed by atoms with Gasteiger partial charge in [-0.3, -0.25) is 13.9 Å². The third-order valence-corrected chi connectivity index (χ3v) is 7.73. The number of carboxylic acid groups (broad SMARTS) is 1. The molecule has 1 saturated carbocycles. The quantitative estimate of drug-likeness (QED) is 0.385. The number of anilines is 1. The number of aliphatic carboxylic acids is 1. The van der Waals surface area contributed by atoms with Crippen molar-refractivity contribution >= 4 is 38.8 Å². The van der Waals surface area contributed by atoms with Crippen molar-refractivity contribution in [1.29, 1.82) is 0 Å². The number of fused-ring (bicyclic) bond motifs is 1. The smallest absolute Gasteiger partial charge is 0.303 e. The first-order valence-corrected chi connectivity index (χ1v) is 13.8. The number of benzene rings is 1. The van der Waals surface area contributed by atoms with E-state index < -0.39 is 16.0 Å². The Balaban J connectivity index is 1.88. The highest BCUT2D eigenvalue weighted by Gasteiger charge is 2.34.